The summed E-state index contributed by atoms with van der Waals surface area (Å²) in [4.78, 5) is 38.8. The third-order valence-corrected chi connectivity index (χ3v) is 5.22. The number of amides is 2. The number of esters is 1. The van der Waals surface area contributed by atoms with Gasteiger partial charge in [-0.15, -0.1) is 0 Å². The van der Waals surface area contributed by atoms with E-state index >= 15 is 0 Å². The molecule has 1 aliphatic carbocycles. The molecule has 0 radical (unpaired) electrons. The number of anilines is 1. The van der Waals surface area contributed by atoms with Gasteiger partial charge in [-0.05, 0) is 37.1 Å². The van der Waals surface area contributed by atoms with E-state index in [2.05, 4.69) is 0 Å². The van der Waals surface area contributed by atoms with Crippen LogP contribution in [-0.4, -0.2) is 17.8 Å². The third-order valence-electron chi connectivity index (χ3n) is 5.22. The highest BCUT2D eigenvalue weighted by Gasteiger charge is 2.48. The number of benzene rings is 2. The number of carbonyl (C=O) groups excluding carboxylic acids is 3. The highest BCUT2D eigenvalue weighted by molar-refractivity contribution is 6.22. The summed E-state index contributed by atoms with van der Waals surface area (Å²) in [6.45, 7) is 0. The van der Waals surface area contributed by atoms with Crippen molar-refractivity contribution < 1.29 is 23.5 Å². The van der Waals surface area contributed by atoms with Gasteiger partial charge in [0.2, 0.25) is 11.8 Å². The summed E-state index contributed by atoms with van der Waals surface area (Å²) in [5, 5.41) is 0. The van der Waals surface area contributed by atoms with Crippen LogP contribution in [0, 0.1) is 17.7 Å². The van der Waals surface area contributed by atoms with Crippen LogP contribution in [0.25, 0.3) is 0 Å². The molecule has 2 aromatic carbocycles. The smallest absolute Gasteiger partial charge is 0.346 e. The summed E-state index contributed by atoms with van der Waals surface area (Å²) in [6, 6.07) is 11.8. The van der Waals surface area contributed by atoms with Crippen molar-refractivity contribution in [3.05, 3.63) is 59.9 Å². The molecule has 0 spiro atoms. The average Bonchev–Trinajstić information content (AvgIpc) is 2.93. The summed E-state index contributed by atoms with van der Waals surface area (Å²) >= 11 is 0. The molecule has 0 aromatic heterocycles. The third kappa shape index (κ3) is 3.12. The second kappa shape index (κ2) is 6.95. The zero-order valence-electron chi connectivity index (χ0n) is 14.6. The quantitative estimate of drug-likeness (QED) is 0.471. The number of rotatable bonds is 3. The minimum absolute atomic E-state index is 0.149. The number of halogens is 1. The summed E-state index contributed by atoms with van der Waals surface area (Å²) in [5.41, 5.74) is 0.195. The Labute approximate surface area is 155 Å². The van der Waals surface area contributed by atoms with E-state index in [-0.39, 0.29) is 35.0 Å². The van der Waals surface area contributed by atoms with Crippen LogP contribution in [0.4, 0.5) is 10.1 Å². The van der Waals surface area contributed by atoms with Crippen molar-refractivity contribution in [3.8, 4) is 5.75 Å². The zero-order chi connectivity index (χ0) is 19.0. The number of hydrogen-bond acceptors (Lipinski definition) is 4. The number of carbonyl (C=O) groups is 3. The number of nitrogens with zero attached hydrogens (tertiary/aromatic N) is 1. The van der Waals surface area contributed by atoms with Crippen molar-refractivity contribution in [2.75, 3.05) is 4.90 Å². The van der Waals surface area contributed by atoms with Crippen LogP contribution in [0.1, 0.15) is 36.0 Å². The van der Waals surface area contributed by atoms with Gasteiger partial charge in [0.05, 0.1) is 23.1 Å². The lowest BCUT2D eigenvalue weighted by molar-refractivity contribution is -0.122. The molecule has 6 heteroatoms. The SMILES string of the molecule is O=C(Oc1cccc(N2C(=O)C3CCCCC3C2=O)c1)c1ccccc1F. The number of fused-ring (bicyclic) bond motifs is 1. The van der Waals surface area contributed by atoms with Crippen molar-refractivity contribution in [3.63, 3.8) is 0 Å². The van der Waals surface area contributed by atoms with Gasteiger partial charge >= 0.3 is 5.97 Å². The minimum Gasteiger partial charge on any atom is -0.423 e. The molecule has 5 nitrogen and oxygen atoms in total. The predicted octanol–water partition coefficient (Wildman–Crippen LogP) is 3.72. The molecule has 1 aliphatic heterocycles. The zero-order valence-corrected chi connectivity index (χ0v) is 14.6. The lowest BCUT2D eigenvalue weighted by Gasteiger charge is -2.19. The Morgan fingerprint density at radius 1 is 0.963 bits per heavy atom. The molecule has 2 aliphatic rings. The Morgan fingerprint density at radius 2 is 1.63 bits per heavy atom. The summed E-state index contributed by atoms with van der Waals surface area (Å²) in [6.07, 6.45) is 3.37. The molecule has 2 fully saturated rings. The molecule has 4 rings (SSSR count). The van der Waals surface area contributed by atoms with Crippen LogP contribution < -0.4 is 9.64 Å². The van der Waals surface area contributed by atoms with E-state index in [9.17, 15) is 18.8 Å². The number of ether oxygens (including phenoxy) is 1. The van der Waals surface area contributed by atoms with E-state index in [0.29, 0.717) is 5.69 Å². The van der Waals surface area contributed by atoms with Gasteiger partial charge in [0.1, 0.15) is 11.6 Å². The molecule has 138 valence electrons. The molecule has 1 saturated heterocycles. The molecule has 0 N–H and O–H groups in total. The van der Waals surface area contributed by atoms with Crippen LogP contribution in [0.5, 0.6) is 5.75 Å². The molecular formula is C21H18FNO4. The van der Waals surface area contributed by atoms with Gasteiger partial charge in [0.15, 0.2) is 0 Å². The standard InChI is InChI=1S/C21H18FNO4/c22-18-11-4-3-10-17(18)21(26)27-14-7-5-6-13(12-14)23-19(24)15-8-1-2-9-16(15)20(23)25/h3-7,10-12,15-16H,1-2,8-9H2. The summed E-state index contributed by atoms with van der Waals surface area (Å²) < 4.78 is 19.0. The fourth-order valence-electron chi connectivity index (χ4n) is 3.89. The van der Waals surface area contributed by atoms with E-state index in [0.717, 1.165) is 25.7 Å². The van der Waals surface area contributed by atoms with Gasteiger partial charge < -0.3 is 4.74 Å². The molecule has 1 saturated carbocycles. The van der Waals surface area contributed by atoms with Gasteiger partial charge in [-0.2, -0.15) is 0 Å². The van der Waals surface area contributed by atoms with Crippen LogP contribution in [0.3, 0.4) is 0 Å². The molecule has 1 heterocycles. The van der Waals surface area contributed by atoms with Crippen LogP contribution >= 0.6 is 0 Å². The van der Waals surface area contributed by atoms with Crippen LogP contribution in [0.2, 0.25) is 0 Å². The van der Waals surface area contributed by atoms with Gasteiger partial charge in [0, 0.05) is 6.07 Å². The summed E-state index contributed by atoms with van der Waals surface area (Å²) in [5.74, 6) is -2.25. The highest BCUT2D eigenvalue weighted by atomic mass is 19.1. The van der Waals surface area contributed by atoms with Crippen molar-refractivity contribution in [1.82, 2.24) is 0 Å². The fourth-order valence-corrected chi connectivity index (χ4v) is 3.89. The minimum atomic E-state index is -0.835. The second-order valence-electron chi connectivity index (χ2n) is 6.88. The number of hydrogen-bond donors (Lipinski definition) is 0. The Kier molecular flexibility index (Phi) is 4.48. The maximum absolute atomic E-state index is 13.7. The van der Waals surface area contributed by atoms with Gasteiger partial charge in [-0.25, -0.2) is 14.1 Å². The molecule has 2 unspecified atom stereocenters. The number of imide groups is 1. The topological polar surface area (TPSA) is 63.7 Å². The van der Waals surface area contributed by atoms with Crippen molar-refractivity contribution >= 4 is 23.5 Å². The van der Waals surface area contributed by atoms with Crippen molar-refractivity contribution in [2.45, 2.75) is 25.7 Å². The monoisotopic (exact) mass is 367 g/mol. The molecule has 27 heavy (non-hydrogen) atoms. The lowest BCUT2D eigenvalue weighted by Crippen LogP contribution is -2.30. The molecule has 2 aromatic rings. The first-order valence-corrected chi connectivity index (χ1v) is 9.01. The largest absolute Gasteiger partial charge is 0.423 e. The molecule has 2 amide bonds. The Balaban J connectivity index is 1.58. The van der Waals surface area contributed by atoms with Crippen molar-refractivity contribution in [1.29, 1.82) is 0 Å². The first kappa shape index (κ1) is 17.4. The summed E-state index contributed by atoms with van der Waals surface area (Å²) in [7, 11) is 0. The first-order chi connectivity index (χ1) is 13.1. The highest BCUT2D eigenvalue weighted by Crippen LogP contribution is 2.40. The fraction of sp³-hybridized carbons (Fsp3) is 0.286. The molecule has 2 atom stereocenters. The van der Waals surface area contributed by atoms with Gasteiger partial charge in [-0.1, -0.05) is 31.0 Å². The molecular weight excluding hydrogens is 349 g/mol. The Bertz CT molecular complexity index is 902. The Morgan fingerprint density at radius 3 is 2.30 bits per heavy atom. The normalized spacial score (nSPS) is 21.9. The van der Waals surface area contributed by atoms with Crippen LogP contribution in [0.15, 0.2) is 48.5 Å². The first-order valence-electron chi connectivity index (χ1n) is 9.01. The van der Waals surface area contributed by atoms with Gasteiger partial charge in [-0.3, -0.25) is 9.59 Å². The average molecular weight is 367 g/mol. The van der Waals surface area contributed by atoms with Crippen molar-refractivity contribution in [2.24, 2.45) is 11.8 Å². The van der Waals surface area contributed by atoms with E-state index in [1.54, 1.807) is 18.2 Å². The maximum Gasteiger partial charge on any atom is 0.346 e. The van der Waals surface area contributed by atoms with E-state index in [1.165, 1.54) is 35.2 Å². The lowest BCUT2D eigenvalue weighted by atomic mass is 9.81. The Hall–Kier alpha value is -3.02. The van der Waals surface area contributed by atoms with Crippen LogP contribution in [-0.2, 0) is 9.59 Å². The molecule has 0 bridgehead atoms. The van der Waals surface area contributed by atoms with Gasteiger partial charge in [0.25, 0.3) is 0 Å². The van der Waals surface area contributed by atoms with E-state index in [4.69, 9.17) is 4.74 Å². The van der Waals surface area contributed by atoms with E-state index in [1.807, 2.05) is 0 Å². The second-order valence-corrected chi connectivity index (χ2v) is 6.88. The maximum atomic E-state index is 13.7. The predicted molar refractivity (Wildman–Crippen MR) is 95.7 cm³/mol. The van der Waals surface area contributed by atoms with E-state index < -0.39 is 11.8 Å².